The first-order valence-corrected chi connectivity index (χ1v) is 9.22. The smallest absolute Gasteiger partial charge is 0.336 e. The summed E-state index contributed by atoms with van der Waals surface area (Å²) in [5, 5.41) is 7.40. The molecule has 0 radical (unpaired) electrons. The van der Waals surface area contributed by atoms with Crippen molar-refractivity contribution in [3.05, 3.63) is 40.6 Å². The van der Waals surface area contributed by atoms with Crippen LogP contribution in [0.2, 0.25) is 0 Å². The van der Waals surface area contributed by atoms with E-state index in [0.717, 1.165) is 49.7 Å². The van der Waals surface area contributed by atoms with E-state index in [1.54, 1.807) is 9.13 Å². The molecule has 4 heterocycles. The van der Waals surface area contributed by atoms with Crippen LogP contribution < -0.4 is 11.0 Å². The van der Waals surface area contributed by atoms with Crippen LogP contribution >= 0.6 is 0 Å². The Bertz CT molecular complexity index is 993. The third-order valence-electron chi connectivity index (χ3n) is 5.47. The second-order valence-electron chi connectivity index (χ2n) is 7.22. The van der Waals surface area contributed by atoms with Gasteiger partial charge in [-0.05, 0) is 30.1 Å². The van der Waals surface area contributed by atoms with Crippen LogP contribution in [-0.4, -0.2) is 56.9 Å². The molecule has 1 aromatic carbocycles. The fourth-order valence-electron chi connectivity index (χ4n) is 3.91. The number of hydrogen-bond donors (Lipinski definition) is 1. The van der Waals surface area contributed by atoms with Crippen LogP contribution in [0.4, 0.5) is 0 Å². The lowest BCUT2D eigenvalue weighted by Crippen LogP contribution is -2.54. The Labute approximate surface area is 150 Å². The number of benzene rings is 1. The summed E-state index contributed by atoms with van der Waals surface area (Å²) in [5.74, 6) is 1.99. The summed E-state index contributed by atoms with van der Waals surface area (Å²) < 4.78 is 8.76. The lowest BCUT2D eigenvalue weighted by Gasteiger charge is -2.41. The molecule has 1 N–H and O–H groups in total. The number of imidazole rings is 1. The maximum atomic E-state index is 12.8. The molecule has 5 rings (SSSR count). The topological polar surface area (TPSA) is 81.1 Å². The predicted molar refractivity (Wildman–Crippen MR) is 96.6 cm³/mol. The molecule has 3 aromatic rings. The Morgan fingerprint density at radius 2 is 2.00 bits per heavy atom. The summed E-state index contributed by atoms with van der Waals surface area (Å²) in [6, 6.07) is 7.70. The van der Waals surface area contributed by atoms with Crippen molar-refractivity contribution >= 4 is 11.0 Å². The third kappa shape index (κ3) is 2.40. The van der Waals surface area contributed by atoms with Gasteiger partial charge in [-0.15, -0.1) is 0 Å². The van der Waals surface area contributed by atoms with Crippen LogP contribution in [0.1, 0.15) is 18.7 Å². The largest absolute Gasteiger partial charge is 0.337 e. The van der Waals surface area contributed by atoms with Crippen molar-refractivity contribution in [3.63, 3.8) is 0 Å². The van der Waals surface area contributed by atoms with Gasteiger partial charge >= 0.3 is 5.69 Å². The molecule has 8 heteroatoms. The zero-order valence-corrected chi connectivity index (χ0v) is 14.8. The lowest BCUT2D eigenvalue weighted by atomic mass is 9.95. The highest BCUT2D eigenvalue weighted by Crippen LogP contribution is 2.27. The van der Waals surface area contributed by atoms with Gasteiger partial charge in [0.05, 0.1) is 17.0 Å². The van der Waals surface area contributed by atoms with Gasteiger partial charge in [-0.2, -0.15) is 4.98 Å². The Balaban J connectivity index is 1.40. The minimum absolute atomic E-state index is 0.131. The van der Waals surface area contributed by atoms with Crippen molar-refractivity contribution in [2.24, 2.45) is 5.92 Å². The van der Waals surface area contributed by atoms with E-state index in [9.17, 15) is 4.79 Å². The van der Waals surface area contributed by atoms with E-state index in [1.807, 2.05) is 31.2 Å². The van der Waals surface area contributed by atoms with E-state index in [4.69, 9.17) is 4.52 Å². The van der Waals surface area contributed by atoms with Gasteiger partial charge in [0.25, 0.3) is 5.95 Å². The molecule has 2 saturated heterocycles. The van der Waals surface area contributed by atoms with Gasteiger partial charge in [0, 0.05) is 39.3 Å². The number of nitrogens with one attached hydrogen (secondary N) is 1. The number of fused-ring (bicyclic) bond motifs is 1. The molecule has 0 amide bonds. The second-order valence-corrected chi connectivity index (χ2v) is 7.22. The van der Waals surface area contributed by atoms with Crippen LogP contribution in [0.15, 0.2) is 33.6 Å². The van der Waals surface area contributed by atoms with Crippen molar-refractivity contribution in [1.82, 2.24) is 29.5 Å². The highest BCUT2D eigenvalue weighted by molar-refractivity contribution is 5.77. The fraction of sp³-hybridized carbons (Fsp3) is 0.500. The number of hydrogen-bond acceptors (Lipinski definition) is 6. The Morgan fingerprint density at radius 1 is 1.23 bits per heavy atom. The summed E-state index contributed by atoms with van der Waals surface area (Å²) >= 11 is 0. The summed E-state index contributed by atoms with van der Waals surface area (Å²) in [4.78, 5) is 19.8. The number of likely N-dealkylation sites (tertiary alicyclic amines) is 1. The summed E-state index contributed by atoms with van der Waals surface area (Å²) in [6.45, 7) is 7.83. The molecule has 2 aliphatic rings. The number of nitrogens with zero attached hydrogens (tertiary/aromatic N) is 5. The Morgan fingerprint density at radius 3 is 2.69 bits per heavy atom. The van der Waals surface area contributed by atoms with Crippen molar-refractivity contribution in [2.75, 3.05) is 32.7 Å². The number of rotatable bonds is 5. The molecule has 0 bridgehead atoms. The summed E-state index contributed by atoms with van der Waals surface area (Å²) in [7, 11) is 0. The highest BCUT2D eigenvalue weighted by atomic mass is 16.5. The maximum Gasteiger partial charge on any atom is 0.336 e. The zero-order chi connectivity index (χ0) is 17.7. The Hall–Kier alpha value is -2.45. The quantitative estimate of drug-likeness (QED) is 0.730. The van der Waals surface area contributed by atoms with Crippen molar-refractivity contribution in [2.45, 2.75) is 19.4 Å². The van der Waals surface area contributed by atoms with Crippen molar-refractivity contribution in [3.8, 4) is 5.95 Å². The third-order valence-corrected chi connectivity index (χ3v) is 5.47. The molecule has 0 aliphatic carbocycles. The van der Waals surface area contributed by atoms with Crippen LogP contribution in [-0.2, 0) is 6.54 Å². The summed E-state index contributed by atoms with van der Waals surface area (Å²) in [6.07, 6.45) is 0. The normalized spacial score (nSPS) is 19.0. The van der Waals surface area contributed by atoms with E-state index in [1.165, 1.54) is 0 Å². The predicted octanol–water partition coefficient (Wildman–Crippen LogP) is 0.814. The SMILES string of the molecule is CCn1c(=O)n(-c2noc(C3CN(CC4CNC4)C3)n2)c2ccccc21. The molecule has 2 fully saturated rings. The van der Waals surface area contributed by atoms with Crippen molar-refractivity contribution < 1.29 is 4.52 Å². The van der Waals surface area contributed by atoms with Gasteiger partial charge < -0.3 is 14.7 Å². The molecule has 2 aliphatic heterocycles. The molecule has 0 unspecified atom stereocenters. The van der Waals surface area contributed by atoms with Gasteiger partial charge in [-0.3, -0.25) is 4.57 Å². The van der Waals surface area contributed by atoms with Gasteiger partial charge in [0.1, 0.15) is 0 Å². The molecule has 8 nitrogen and oxygen atoms in total. The summed E-state index contributed by atoms with van der Waals surface area (Å²) in [5.41, 5.74) is 1.56. The maximum absolute atomic E-state index is 12.8. The first-order valence-electron chi connectivity index (χ1n) is 9.22. The average Bonchev–Trinajstić information content (AvgIpc) is 3.13. The van der Waals surface area contributed by atoms with Crippen LogP contribution in [0, 0.1) is 5.92 Å². The zero-order valence-electron chi connectivity index (χ0n) is 14.8. The first-order chi connectivity index (χ1) is 12.7. The van der Waals surface area contributed by atoms with E-state index in [0.29, 0.717) is 18.4 Å². The number of aromatic nitrogens is 4. The van der Waals surface area contributed by atoms with Gasteiger partial charge in [-0.25, -0.2) is 9.36 Å². The molecule has 136 valence electrons. The van der Waals surface area contributed by atoms with Crippen LogP contribution in [0.25, 0.3) is 17.0 Å². The number of para-hydroxylation sites is 2. The molecule has 0 spiro atoms. The van der Waals surface area contributed by atoms with Gasteiger partial charge in [-0.1, -0.05) is 12.1 Å². The molecular formula is C18H22N6O2. The molecule has 0 atom stereocenters. The second kappa shape index (κ2) is 6.07. The van der Waals surface area contributed by atoms with E-state index < -0.39 is 0 Å². The van der Waals surface area contributed by atoms with Gasteiger partial charge in [0.15, 0.2) is 0 Å². The Kier molecular flexibility index (Phi) is 3.68. The minimum Gasteiger partial charge on any atom is -0.337 e. The molecular weight excluding hydrogens is 332 g/mol. The molecule has 26 heavy (non-hydrogen) atoms. The monoisotopic (exact) mass is 354 g/mol. The molecule has 0 saturated carbocycles. The van der Waals surface area contributed by atoms with E-state index >= 15 is 0 Å². The standard InChI is InChI=1S/C18H22N6O2/c1-2-23-14-5-3-4-6-15(14)24(18(23)25)17-20-16(26-21-17)13-10-22(11-13)9-12-7-19-8-12/h3-6,12-13,19H,2,7-11H2,1H3. The van der Waals surface area contributed by atoms with Crippen molar-refractivity contribution in [1.29, 1.82) is 0 Å². The first kappa shape index (κ1) is 15.8. The van der Waals surface area contributed by atoms with Crippen LogP contribution in [0.5, 0.6) is 0 Å². The lowest BCUT2D eigenvalue weighted by molar-refractivity contribution is 0.0912. The fourth-order valence-corrected chi connectivity index (χ4v) is 3.91. The average molecular weight is 354 g/mol. The number of aryl methyl sites for hydroxylation is 1. The van der Waals surface area contributed by atoms with E-state index in [2.05, 4.69) is 20.4 Å². The molecule has 2 aromatic heterocycles. The highest BCUT2D eigenvalue weighted by Gasteiger charge is 2.35. The minimum atomic E-state index is -0.131. The van der Waals surface area contributed by atoms with Gasteiger partial charge in [0.2, 0.25) is 5.89 Å². The van der Waals surface area contributed by atoms with E-state index in [-0.39, 0.29) is 11.6 Å². The van der Waals surface area contributed by atoms with Crippen LogP contribution in [0.3, 0.4) is 0 Å².